The van der Waals surface area contributed by atoms with Crippen molar-refractivity contribution in [2.75, 3.05) is 31.2 Å². The van der Waals surface area contributed by atoms with Crippen molar-refractivity contribution >= 4 is 17.7 Å². The summed E-state index contributed by atoms with van der Waals surface area (Å²) in [6, 6.07) is 0.606. The van der Waals surface area contributed by atoms with Crippen molar-refractivity contribution in [3.05, 3.63) is 0 Å². The Morgan fingerprint density at radius 2 is 2.33 bits per heavy atom. The van der Waals surface area contributed by atoms with E-state index >= 15 is 0 Å². The van der Waals surface area contributed by atoms with Crippen LogP contribution in [0, 0.1) is 0 Å². The topological polar surface area (TPSA) is 29.5 Å². The first-order valence-corrected chi connectivity index (χ1v) is 6.87. The molecule has 0 spiro atoms. The van der Waals surface area contributed by atoms with Crippen molar-refractivity contribution in [1.82, 2.24) is 4.90 Å². The minimum absolute atomic E-state index is 0.0680. The van der Waals surface area contributed by atoms with E-state index in [0.717, 1.165) is 13.1 Å². The molecule has 15 heavy (non-hydrogen) atoms. The van der Waals surface area contributed by atoms with Gasteiger partial charge in [0.05, 0.1) is 13.0 Å². The fourth-order valence-electron chi connectivity index (χ4n) is 1.74. The van der Waals surface area contributed by atoms with Gasteiger partial charge in [-0.25, -0.2) is 0 Å². The molecule has 0 aliphatic carbocycles. The molecule has 0 aromatic heterocycles. The summed E-state index contributed by atoms with van der Waals surface area (Å²) in [5.74, 6) is 2.37. The summed E-state index contributed by atoms with van der Waals surface area (Å²) >= 11 is 2.01. The molecule has 88 valence electrons. The first-order chi connectivity index (χ1) is 7.24. The lowest BCUT2D eigenvalue weighted by molar-refractivity contribution is -0.143. The molecule has 0 saturated carbocycles. The first-order valence-electron chi connectivity index (χ1n) is 5.71. The molecule has 1 saturated heterocycles. The van der Waals surface area contributed by atoms with Gasteiger partial charge in [0.25, 0.3) is 0 Å². The number of carbonyl (C=O) groups is 1. The lowest BCUT2D eigenvalue weighted by Crippen LogP contribution is -2.35. The molecule has 4 heteroatoms. The zero-order valence-corrected chi connectivity index (χ0v) is 10.5. The van der Waals surface area contributed by atoms with Crippen LogP contribution in [0.3, 0.4) is 0 Å². The highest BCUT2D eigenvalue weighted by atomic mass is 32.2. The highest BCUT2D eigenvalue weighted by Gasteiger charge is 2.17. The molecule has 1 heterocycles. The Kier molecular flexibility index (Phi) is 6.10. The van der Waals surface area contributed by atoms with Crippen molar-refractivity contribution in [3.8, 4) is 0 Å². The summed E-state index contributed by atoms with van der Waals surface area (Å²) in [6.45, 7) is 6.54. The van der Waals surface area contributed by atoms with Gasteiger partial charge in [-0.15, -0.1) is 0 Å². The molecule has 1 fully saturated rings. The van der Waals surface area contributed by atoms with Gasteiger partial charge in [-0.05, 0) is 26.0 Å². The molecule has 0 bridgehead atoms. The van der Waals surface area contributed by atoms with Crippen LogP contribution in [0.25, 0.3) is 0 Å². The Balaban J connectivity index is 2.25. The lowest BCUT2D eigenvalue weighted by Gasteiger charge is -2.25. The molecule has 0 aromatic carbocycles. The summed E-state index contributed by atoms with van der Waals surface area (Å²) in [5.41, 5.74) is 0. The molecule has 0 aromatic rings. The van der Waals surface area contributed by atoms with Crippen LogP contribution in [0.1, 0.15) is 26.7 Å². The molecule has 1 aliphatic rings. The second-order valence-electron chi connectivity index (χ2n) is 3.84. The SMILES string of the molecule is CCOC(=O)CCN1CCSCC[C@@H]1C. The molecule has 1 atom stereocenters. The van der Waals surface area contributed by atoms with Crippen molar-refractivity contribution in [2.45, 2.75) is 32.7 Å². The van der Waals surface area contributed by atoms with Gasteiger partial charge in [-0.1, -0.05) is 0 Å². The fraction of sp³-hybridized carbons (Fsp3) is 0.909. The Labute approximate surface area is 96.5 Å². The van der Waals surface area contributed by atoms with Crippen LogP contribution in [0.5, 0.6) is 0 Å². The van der Waals surface area contributed by atoms with E-state index in [0.29, 0.717) is 19.1 Å². The van der Waals surface area contributed by atoms with E-state index in [2.05, 4.69) is 11.8 Å². The third kappa shape index (κ3) is 4.89. The standard InChI is InChI=1S/C11H21NO2S/c1-3-14-11(13)4-6-12-7-9-15-8-5-10(12)2/h10H,3-9H2,1-2H3/t10-/m0/s1. The van der Waals surface area contributed by atoms with E-state index in [1.165, 1.54) is 17.9 Å². The minimum Gasteiger partial charge on any atom is -0.466 e. The van der Waals surface area contributed by atoms with Crippen molar-refractivity contribution in [1.29, 1.82) is 0 Å². The number of carbonyl (C=O) groups excluding carboxylic acids is 1. The molecular weight excluding hydrogens is 210 g/mol. The van der Waals surface area contributed by atoms with E-state index in [-0.39, 0.29) is 5.97 Å². The van der Waals surface area contributed by atoms with Crippen LogP contribution in [-0.4, -0.2) is 48.1 Å². The summed E-state index contributed by atoms with van der Waals surface area (Å²) in [4.78, 5) is 13.6. The molecule has 0 radical (unpaired) electrons. The molecule has 1 aliphatic heterocycles. The van der Waals surface area contributed by atoms with Gasteiger partial charge in [0.2, 0.25) is 0 Å². The predicted octanol–water partition coefficient (Wildman–Crippen LogP) is 1.77. The molecule has 0 N–H and O–H groups in total. The number of ether oxygens (including phenoxy) is 1. The Bertz CT molecular complexity index is 199. The van der Waals surface area contributed by atoms with Crippen LogP contribution in [0.4, 0.5) is 0 Å². The Morgan fingerprint density at radius 1 is 1.53 bits per heavy atom. The number of hydrogen-bond donors (Lipinski definition) is 0. The third-order valence-electron chi connectivity index (χ3n) is 2.73. The summed E-state index contributed by atoms with van der Waals surface area (Å²) in [7, 11) is 0. The largest absolute Gasteiger partial charge is 0.466 e. The van der Waals surface area contributed by atoms with E-state index in [1.54, 1.807) is 0 Å². The van der Waals surface area contributed by atoms with Crippen LogP contribution >= 0.6 is 11.8 Å². The van der Waals surface area contributed by atoms with Gasteiger partial charge in [0.15, 0.2) is 0 Å². The average Bonchev–Trinajstić information content (AvgIpc) is 2.41. The van der Waals surface area contributed by atoms with Gasteiger partial charge < -0.3 is 4.74 Å². The van der Waals surface area contributed by atoms with Crippen LogP contribution < -0.4 is 0 Å². The second kappa shape index (κ2) is 7.12. The van der Waals surface area contributed by atoms with Crippen LogP contribution in [0.2, 0.25) is 0 Å². The number of esters is 1. The monoisotopic (exact) mass is 231 g/mol. The Hall–Kier alpha value is -0.220. The van der Waals surface area contributed by atoms with Crippen LogP contribution in [-0.2, 0) is 9.53 Å². The van der Waals surface area contributed by atoms with Crippen molar-refractivity contribution < 1.29 is 9.53 Å². The number of nitrogens with zero attached hydrogens (tertiary/aromatic N) is 1. The fourth-order valence-corrected chi connectivity index (χ4v) is 2.82. The van der Waals surface area contributed by atoms with Crippen molar-refractivity contribution in [2.24, 2.45) is 0 Å². The predicted molar refractivity (Wildman–Crippen MR) is 64.2 cm³/mol. The highest BCUT2D eigenvalue weighted by Crippen LogP contribution is 2.16. The van der Waals surface area contributed by atoms with Gasteiger partial charge >= 0.3 is 5.97 Å². The number of hydrogen-bond acceptors (Lipinski definition) is 4. The van der Waals surface area contributed by atoms with Crippen LogP contribution in [0.15, 0.2) is 0 Å². The van der Waals surface area contributed by atoms with Gasteiger partial charge in [-0.3, -0.25) is 9.69 Å². The van der Waals surface area contributed by atoms with Crippen molar-refractivity contribution in [3.63, 3.8) is 0 Å². The maximum atomic E-state index is 11.2. The summed E-state index contributed by atoms with van der Waals surface area (Å²) in [5, 5.41) is 0. The molecule has 0 amide bonds. The zero-order chi connectivity index (χ0) is 11.1. The molecule has 1 rings (SSSR count). The lowest BCUT2D eigenvalue weighted by atomic mass is 10.2. The maximum Gasteiger partial charge on any atom is 0.307 e. The van der Waals surface area contributed by atoms with E-state index in [4.69, 9.17) is 4.74 Å². The molecule has 0 unspecified atom stereocenters. The summed E-state index contributed by atoms with van der Waals surface area (Å²) < 4.78 is 4.93. The van der Waals surface area contributed by atoms with E-state index < -0.39 is 0 Å². The maximum absolute atomic E-state index is 11.2. The minimum atomic E-state index is -0.0680. The zero-order valence-electron chi connectivity index (χ0n) is 9.70. The number of rotatable bonds is 4. The number of thioether (sulfide) groups is 1. The summed E-state index contributed by atoms with van der Waals surface area (Å²) in [6.07, 6.45) is 1.76. The smallest absolute Gasteiger partial charge is 0.307 e. The normalized spacial score (nSPS) is 23.5. The highest BCUT2D eigenvalue weighted by molar-refractivity contribution is 7.99. The van der Waals surface area contributed by atoms with Gasteiger partial charge in [-0.2, -0.15) is 11.8 Å². The molecule has 3 nitrogen and oxygen atoms in total. The Morgan fingerprint density at radius 3 is 3.07 bits per heavy atom. The second-order valence-corrected chi connectivity index (χ2v) is 5.07. The molecular formula is C11H21NO2S. The average molecular weight is 231 g/mol. The third-order valence-corrected chi connectivity index (χ3v) is 3.73. The van der Waals surface area contributed by atoms with Gasteiger partial charge in [0.1, 0.15) is 0 Å². The van der Waals surface area contributed by atoms with Gasteiger partial charge in [0, 0.05) is 24.9 Å². The van der Waals surface area contributed by atoms with E-state index in [1.807, 2.05) is 18.7 Å². The quantitative estimate of drug-likeness (QED) is 0.690. The first kappa shape index (κ1) is 12.8. The van der Waals surface area contributed by atoms with E-state index in [9.17, 15) is 4.79 Å².